The molecule has 0 spiro atoms. The standard InChI is InChI=1S/C36H57N5O6/c1-35(2,3)46-33(44)27-13-19-40(20-14-27)31(42)25-38-17-8-7-9-18-39(24-30-12-10-11-29(23-38)37-30)26-32(43)41-21-15-28(16-22-41)34(45)47-36(4,5)6/h10-12,27-28H,7-9,13-26H2,1-6H3. The summed E-state index contributed by atoms with van der Waals surface area (Å²) in [4.78, 5) is 64.8. The van der Waals surface area contributed by atoms with Crippen LogP contribution in [0.3, 0.4) is 0 Å². The Morgan fingerprint density at radius 3 is 1.38 bits per heavy atom. The molecule has 0 unspecified atom stereocenters. The monoisotopic (exact) mass is 655 g/mol. The molecule has 11 heteroatoms. The van der Waals surface area contributed by atoms with Gasteiger partial charge in [-0.2, -0.15) is 0 Å². The lowest BCUT2D eigenvalue weighted by atomic mass is 9.96. The Balaban J connectivity index is 1.28. The average molecular weight is 656 g/mol. The van der Waals surface area contributed by atoms with Crippen molar-refractivity contribution >= 4 is 23.8 Å². The SMILES string of the molecule is CC(C)(C)OC(=O)C1CCN(C(=O)CN2CCCCCN(CC(=O)N3CCC(C(=O)OC(C)(C)C)CC3)Cc3cccc(n3)C2)CC1. The lowest BCUT2D eigenvalue weighted by Crippen LogP contribution is -2.46. The molecular weight excluding hydrogens is 598 g/mol. The maximum Gasteiger partial charge on any atom is 0.309 e. The summed E-state index contributed by atoms with van der Waals surface area (Å²) in [6.07, 6.45) is 5.43. The fourth-order valence-corrected chi connectivity index (χ4v) is 6.52. The van der Waals surface area contributed by atoms with Crippen molar-refractivity contribution in [3.63, 3.8) is 0 Å². The molecule has 3 aliphatic heterocycles. The van der Waals surface area contributed by atoms with Crippen LogP contribution in [0.5, 0.6) is 0 Å². The molecule has 3 aliphatic rings. The van der Waals surface area contributed by atoms with E-state index in [1.165, 1.54) is 0 Å². The molecule has 2 amide bonds. The van der Waals surface area contributed by atoms with E-state index < -0.39 is 11.2 Å². The largest absolute Gasteiger partial charge is 0.460 e. The zero-order valence-electron chi connectivity index (χ0n) is 29.6. The number of ether oxygens (including phenoxy) is 2. The molecule has 0 aliphatic carbocycles. The Labute approximate surface area is 281 Å². The van der Waals surface area contributed by atoms with Crippen molar-refractivity contribution in [1.29, 1.82) is 0 Å². The summed E-state index contributed by atoms with van der Waals surface area (Å²) in [5, 5.41) is 0. The Kier molecular flexibility index (Phi) is 12.8. The molecule has 2 fully saturated rings. The number of hydrogen-bond donors (Lipinski definition) is 0. The van der Waals surface area contributed by atoms with Gasteiger partial charge in [0.15, 0.2) is 0 Å². The van der Waals surface area contributed by atoms with Gasteiger partial charge in [0.1, 0.15) is 11.2 Å². The van der Waals surface area contributed by atoms with E-state index in [2.05, 4.69) is 9.80 Å². The smallest absolute Gasteiger partial charge is 0.309 e. The number of pyridine rings is 1. The van der Waals surface area contributed by atoms with E-state index >= 15 is 0 Å². The van der Waals surface area contributed by atoms with Gasteiger partial charge in [0.2, 0.25) is 11.8 Å². The molecule has 2 saturated heterocycles. The van der Waals surface area contributed by atoms with Gasteiger partial charge < -0.3 is 19.3 Å². The first-order valence-electron chi connectivity index (χ1n) is 17.6. The van der Waals surface area contributed by atoms with Crippen LogP contribution in [0, 0.1) is 11.8 Å². The third kappa shape index (κ3) is 12.2. The lowest BCUT2D eigenvalue weighted by molar-refractivity contribution is -0.163. The minimum Gasteiger partial charge on any atom is -0.460 e. The number of nitrogens with zero attached hydrogens (tertiary/aromatic N) is 5. The molecule has 11 nitrogen and oxygen atoms in total. The number of amides is 2. The predicted molar refractivity (Wildman–Crippen MR) is 179 cm³/mol. The second kappa shape index (κ2) is 16.4. The zero-order valence-corrected chi connectivity index (χ0v) is 29.6. The summed E-state index contributed by atoms with van der Waals surface area (Å²) < 4.78 is 11.1. The van der Waals surface area contributed by atoms with Crippen molar-refractivity contribution in [3.05, 3.63) is 29.6 Å². The summed E-state index contributed by atoms with van der Waals surface area (Å²) in [7, 11) is 0. The van der Waals surface area contributed by atoms with E-state index in [0.717, 1.165) is 43.7 Å². The molecule has 1 aromatic heterocycles. The van der Waals surface area contributed by atoms with E-state index in [1.807, 2.05) is 69.5 Å². The summed E-state index contributed by atoms with van der Waals surface area (Å²) in [5.74, 6) is -0.453. The highest BCUT2D eigenvalue weighted by Crippen LogP contribution is 2.24. The van der Waals surface area contributed by atoms with Crippen LogP contribution in [0.15, 0.2) is 18.2 Å². The lowest BCUT2D eigenvalue weighted by Gasteiger charge is -2.34. The number of carbonyl (C=O) groups excluding carboxylic acids is 4. The summed E-state index contributed by atoms with van der Waals surface area (Å²) >= 11 is 0. The molecule has 47 heavy (non-hydrogen) atoms. The summed E-state index contributed by atoms with van der Waals surface area (Å²) in [6.45, 7) is 17.0. The van der Waals surface area contributed by atoms with Crippen LogP contribution in [0.4, 0.5) is 0 Å². The Hall–Kier alpha value is -3.05. The highest BCUT2D eigenvalue weighted by atomic mass is 16.6. The molecule has 2 bridgehead atoms. The quantitative estimate of drug-likeness (QED) is 0.420. The number of hydrogen-bond acceptors (Lipinski definition) is 9. The third-order valence-corrected chi connectivity index (χ3v) is 8.98. The highest BCUT2D eigenvalue weighted by molar-refractivity contribution is 5.80. The van der Waals surface area contributed by atoms with Gasteiger partial charge in [-0.3, -0.25) is 34.0 Å². The molecule has 0 saturated carbocycles. The second-order valence-electron chi connectivity index (χ2n) is 15.5. The van der Waals surface area contributed by atoms with Gasteiger partial charge in [-0.1, -0.05) is 12.5 Å². The number of piperidine rings is 2. The number of esters is 2. The van der Waals surface area contributed by atoms with Gasteiger partial charge in [0.25, 0.3) is 0 Å². The van der Waals surface area contributed by atoms with E-state index in [1.54, 1.807) is 0 Å². The maximum absolute atomic E-state index is 13.3. The van der Waals surface area contributed by atoms with Crippen molar-refractivity contribution in [2.75, 3.05) is 52.4 Å². The summed E-state index contributed by atoms with van der Waals surface area (Å²) in [5.41, 5.74) is 0.815. The first-order valence-corrected chi connectivity index (χ1v) is 17.6. The fourth-order valence-electron chi connectivity index (χ4n) is 6.52. The van der Waals surface area contributed by atoms with Crippen molar-refractivity contribution in [1.82, 2.24) is 24.6 Å². The predicted octanol–water partition coefficient (Wildman–Crippen LogP) is 4.03. The Bertz CT molecular complexity index is 1140. The third-order valence-electron chi connectivity index (χ3n) is 8.98. The molecule has 0 aromatic carbocycles. The van der Waals surface area contributed by atoms with E-state index in [9.17, 15) is 19.2 Å². The van der Waals surface area contributed by atoms with Gasteiger partial charge >= 0.3 is 11.9 Å². The molecule has 4 rings (SSSR count). The van der Waals surface area contributed by atoms with Crippen LogP contribution in [-0.2, 0) is 41.7 Å². The van der Waals surface area contributed by atoms with E-state index in [0.29, 0.717) is 78.0 Å². The van der Waals surface area contributed by atoms with Crippen LogP contribution in [-0.4, -0.2) is 112 Å². The molecule has 1 aromatic rings. The van der Waals surface area contributed by atoms with Gasteiger partial charge in [0, 0.05) is 39.3 Å². The zero-order chi connectivity index (χ0) is 34.2. The van der Waals surface area contributed by atoms with Crippen LogP contribution in [0.2, 0.25) is 0 Å². The minimum absolute atomic E-state index is 0.0932. The first-order chi connectivity index (χ1) is 22.1. The van der Waals surface area contributed by atoms with Crippen LogP contribution >= 0.6 is 0 Å². The first kappa shape index (κ1) is 36.8. The van der Waals surface area contributed by atoms with Crippen LogP contribution in [0.1, 0.15) is 97.9 Å². The van der Waals surface area contributed by atoms with Gasteiger partial charge in [0.05, 0.1) is 36.3 Å². The van der Waals surface area contributed by atoms with Crippen molar-refractivity contribution in [2.45, 2.75) is 111 Å². The van der Waals surface area contributed by atoms with Crippen LogP contribution in [0.25, 0.3) is 0 Å². The van der Waals surface area contributed by atoms with E-state index in [4.69, 9.17) is 14.5 Å². The number of rotatable bonds is 6. The van der Waals surface area contributed by atoms with Crippen molar-refractivity contribution in [2.24, 2.45) is 11.8 Å². The molecule has 0 atom stereocenters. The highest BCUT2D eigenvalue weighted by Gasteiger charge is 2.32. The number of carbonyl (C=O) groups is 4. The number of fused-ring (bicyclic) bond motifs is 2. The number of likely N-dealkylation sites (tertiary alicyclic amines) is 2. The normalized spacial score (nSPS) is 20.2. The molecule has 0 radical (unpaired) electrons. The average Bonchev–Trinajstić information content (AvgIpc) is 2.99. The summed E-state index contributed by atoms with van der Waals surface area (Å²) in [6, 6.07) is 6.01. The maximum atomic E-state index is 13.3. The molecular formula is C36H57N5O6. The van der Waals surface area contributed by atoms with Gasteiger partial charge in [-0.15, -0.1) is 0 Å². The Morgan fingerprint density at radius 1 is 0.638 bits per heavy atom. The molecule has 0 N–H and O–H groups in total. The molecule has 4 heterocycles. The fraction of sp³-hybridized carbons (Fsp3) is 0.750. The Morgan fingerprint density at radius 2 is 1.02 bits per heavy atom. The van der Waals surface area contributed by atoms with Crippen molar-refractivity contribution in [3.8, 4) is 0 Å². The molecule has 262 valence electrons. The van der Waals surface area contributed by atoms with Gasteiger partial charge in [-0.25, -0.2) is 0 Å². The minimum atomic E-state index is -0.505. The van der Waals surface area contributed by atoms with E-state index in [-0.39, 0.29) is 35.6 Å². The van der Waals surface area contributed by atoms with Crippen molar-refractivity contribution < 1.29 is 28.7 Å². The topological polar surface area (TPSA) is 113 Å². The number of aromatic nitrogens is 1. The van der Waals surface area contributed by atoms with Gasteiger partial charge in [-0.05, 0) is 105 Å². The second-order valence-corrected chi connectivity index (χ2v) is 15.5. The van der Waals surface area contributed by atoms with Crippen LogP contribution < -0.4 is 0 Å².